The average molecular weight is 496 g/mol. The van der Waals surface area contributed by atoms with Gasteiger partial charge in [-0.2, -0.15) is 5.10 Å². The molecule has 2 aliphatic rings. The Morgan fingerprint density at radius 2 is 2.00 bits per heavy atom. The van der Waals surface area contributed by atoms with Gasteiger partial charge in [-0.15, -0.1) is 0 Å². The number of hydrogen-bond donors (Lipinski definition) is 2. The molecule has 0 bridgehead atoms. The van der Waals surface area contributed by atoms with E-state index in [1.807, 2.05) is 13.8 Å². The van der Waals surface area contributed by atoms with E-state index in [9.17, 15) is 23.5 Å². The molecular formula is C23H28ClF2N5O3. The number of carbonyl (C=O) groups is 2. The van der Waals surface area contributed by atoms with Gasteiger partial charge in [0.05, 0.1) is 23.5 Å². The molecule has 0 aliphatic carbocycles. The molecule has 1 atom stereocenters. The van der Waals surface area contributed by atoms with Crippen molar-refractivity contribution in [3.8, 4) is 0 Å². The fraction of sp³-hybridized carbons (Fsp3) is 0.522. The van der Waals surface area contributed by atoms with Crippen molar-refractivity contribution in [2.45, 2.75) is 51.8 Å². The predicted octanol–water partition coefficient (Wildman–Crippen LogP) is 3.66. The zero-order valence-corrected chi connectivity index (χ0v) is 20.1. The van der Waals surface area contributed by atoms with Crippen molar-refractivity contribution in [1.82, 2.24) is 19.6 Å². The molecule has 0 radical (unpaired) electrons. The number of amides is 3. The molecule has 0 unspecified atom stereocenters. The summed E-state index contributed by atoms with van der Waals surface area (Å²) in [5.41, 5.74) is 0.632. The van der Waals surface area contributed by atoms with E-state index in [1.165, 1.54) is 4.90 Å². The highest BCUT2D eigenvalue weighted by Crippen LogP contribution is 2.33. The third kappa shape index (κ3) is 4.13. The SMILES string of the molecule is CCC(O)(CC)[C@@H]1CN(C)C(=O)c2c3c(nn2C1)CCN(C(=O)Nc1ccc(F)c(Cl)c1F)C3. The summed E-state index contributed by atoms with van der Waals surface area (Å²) in [6.07, 6.45) is 1.54. The minimum absolute atomic E-state index is 0.114. The Balaban J connectivity index is 1.60. The number of fused-ring (bicyclic) bond motifs is 3. The largest absolute Gasteiger partial charge is 0.389 e. The average Bonchev–Trinajstić information content (AvgIpc) is 3.13. The van der Waals surface area contributed by atoms with Gasteiger partial charge in [0.25, 0.3) is 5.91 Å². The van der Waals surface area contributed by atoms with Crippen LogP contribution in [0.15, 0.2) is 12.1 Å². The van der Waals surface area contributed by atoms with E-state index in [2.05, 4.69) is 10.4 Å². The van der Waals surface area contributed by atoms with Gasteiger partial charge in [0.15, 0.2) is 5.82 Å². The van der Waals surface area contributed by atoms with Gasteiger partial charge in [-0.1, -0.05) is 25.4 Å². The van der Waals surface area contributed by atoms with Gasteiger partial charge in [-0.05, 0) is 25.0 Å². The molecular weight excluding hydrogens is 468 g/mol. The second-order valence-corrected chi connectivity index (χ2v) is 9.35. The summed E-state index contributed by atoms with van der Waals surface area (Å²) in [4.78, 5) is 29.2. The number of aliphatic hydroxyl groups is 1. The summed E-state index contributed by atoms with van der Waals surface area (Å²) in [5, 5.41) is 17.5. The predicted molar refractivity (Wildman–Crippen MR) is 123 cm³/mol. The van der Waals surface area contributed by atoms with E-state index in [4.69, 9.17) is 11.6 Å². The number of halogens is 3. The van der Waals surface area contributed by atoms with Crippen LogP contribution in [0.1, 0.15) is 48.4 Å². The highest BCUT2D eigenvalue weighted by molar-refractivity contribution is 6.31. The first-order valence-electron chi connectivity index (χ1n) is 11.3. The lowest BCUT2D eigenvalue weighted by Crippen LogP contribution is -2.44. The molecule has 3 amide bonds. The molecule has 11 heteroatoms. The Bertz CT molecular complexity index is 1130. The van der Waals surface area contributed by atoms with Gasteiger partial charge in [0, 0.05) is 44.6 Å². The summed E-state index contributed by atoms with van der Waals surface area (Å²) in [5.74, 6) is -2.37. The minimum atomic E-state index is -1.05. The van der Waals surface area contributed by atoms with Crippen molar-refractivity contribution in [1.29, 1.82) is 0 Å². The number of nitrogens with zero attached hydrogens (tertiary/aromatic N) is 4. The molecule has 0 saturated carbocycles. The Hall–Kier alpha value is -2.72. The Morgan fingerprint density at radius 3 is 2.68 bits per heavy atom. The summed E-state index contributed by atoms with van der Waals surface area (Å²) in [6, 6.07) is 1.49. The van der Waals surface area contributed by atoms with Crippen LogP contribution in [0.2, 0.25) is 5.02 Å². The molecule has 4 rings (SSSR count). The van der Waals surface area contributed by atoms with Crippen molar-refractivity contribution in [3.63, 3.8) is 0 Å². The molecule has 2 N–H and O–H groups in total. The number of hydrogen-bond acceptors (Lipinski definition) is 4. The molecule has 2 aromatic rings. The van der Waals surface area contributed by atoms with E-state index in [-0.39, 0.29) is 24.1 Å². The van der Waals surface area contributed by atoms with Crippen LogP contribution in [0.5, 0.6) is 0 Å². The molecule has 184 valence electrons. The molecule has 3 heterocycles. The highest BCUT2D eigenvalue weighted by Gasteiger charge is 2.41. The van der Waals surface area contributed by atoms with Crippen LogP contribution in [0.25, 0.3) is 0 Å². The number of carbonyl (C=O) groups excluding carboxylic acids is 2. The van der Waals surface area contributed by atoms with E-state index >= 15 is 0 Å². The normalized spacial score (nSPS) is 18.4. The number of nitrogens with one attached hydrogen (secondary N) is 1. The fourth-order valence-corrected chi connectivity index (χ4v) is 4.98. The molecule has 34 heavy (non-hydrogen) atoms. The van der Waals surface area contributed by atoms with Crippen LogP contribution < -0.4 is 5.32 Å². The van der Waals surface area contributed by atoms with Gasteiger partial charge >= 0.3 is 6.03 Å². The Kier molecular flexibility index (Phi) is 6.56. The van der Waals surface area contributed by atoms with Gasteiger partial charge < -0.3 is 20.2 Å². The van der Waals surface area contributed by atoms with Crippen molar-refractivity contribution in [3.05, 3.63) is 45.7 Å². The van der Waals surface area contributed by atoms with Crippen LogP contribution >= 0.6 is 11.6 Å². The van der Waals surface area contributed by atoms with E-state index in [1.54, 1.807) is 16.6 Å². The van der Waals surface area contributed by atoms with Gasteiger partial charge in [0.2, 0.25) is 0 Å². The van der Waals surface area contributed by atoms with Gasteiger partial charge in [0.1, 0.15) is 16.5 Å². The standard InChI is InChI=1S/C23H28ClF2N5O3/c1-4-23(34,5-2)13-10-29(3)21(32)20-14-12-30(9-8-16(14)28-31(20)11-13)22(33)27-17-7-6-15(25)18(24)19(17)26/h6-7,13,34H,4-5,8-12H2,1-3H3,(H,27,33)/t13-/m1/s1. The summed E-state index contributed by atoms with van der Waals surface area (Å²) < 4.78 is 29.3. The molecule has 0 saturated heterocycles. The fourth-order valence-electron chi connectivity index (χ4n) is 4.82. The third-order valence-electron chi connectivity index (χ3n) is 7.09. The Labute approximate surface area is 201 Å². The third-order valence-corrected chi connectivity index (χ3v) is 7.43. The maximum atomic E-state index is 14.2. The number of anilines is 1. The molecule has 1 aromatic heterocycles. The lowest BCUT2D eigenvalue weighted by atomic mass is 9.82. The maximum Gasteiger partial charge on any atom is 0.322 e. The van der Waals surface area contributed by atoms with Crippen LogP contribution in [-0.4, -0.2) is 62.4 Å². The summed E-state index contributed by atoms with van der Waals surface area (Å²) in [7, 11) is 1.70. The number of benzene rings is 1. The second-order valence-electron chi connectivity index (χ2n) is 8.97. The molecule has 0 spiro atoms. The quantitative estimate of drug-likeness (QED) is 0.633. The second kappa shape index (κ2) is 9.14. The van der Waals surface area contributed by atoms with Gasteiger partial charge in [-0.25, -0.2) is 13.6 Å². The monoisotopic (exact) mass is 495 g/mol. The molecule has 0 fully saturated rings. The van der Waals surface area contributed by atoms with Crippen molar-refractivity contribution in [2.75, 3.05) is 25.5 Å². The van der Waals surface area contributed by atoms with Crippen molar-refractivity contribution in [2.24, 2.45) is 5.92 Å². The number of rotatable bonds is 4. The van der Waals surface area contributed by atoms with Crippen LogP contribution in [0.3, 0.4) is 0 Å². The van der Waals surface area contributed by atoms with E-state index in [0.29, 0.717) is 50.2 Å². The van der Waals surface area contributed by atoms with E-state index in [0.717, 1.165) is 17.8 Å². The summed E-state index contributed by atoms with van der Waals surface area (Å²) >= 11 is 5.61. The van der Waals surface area contributed by atoms with Crippen molar-refractivity contribution < 1.29 is 23.5 Å². The number of urea groups is 1. The first-order chi connectivity index (χ1) is 16.1. The van der Waals surface area contributed by atoms with Crippen LogP contribution in [0, 0.1) is 17.6 Å². The van der Waals surface area contributed by atoms with Crippen LogP contribution in [0.4, 0.5) is 19.3 Å². The summed E-state index contributed by atoms with van der Waals surface area (Å²) in [6.45, 7) is 5.07. The minimum Gasteiger partial charge on any atom is -0.389 e. The van der Waals surface area contributed by atoms with Crippen LogP contribution in [-0.2, 0) is 19.5 Å². The Morgan fingerprint density at radius 1 is 1.29 bits per heavy atom. The molecule has 8 nitrogen and oxygen atoms in total. The van der Waals surface area contributed by atoms with Gasteiger partial charge in [-0.3, -0.25) is 9.48 Å². The lowest BCUT2D eigenvalue weighted by Gasteiger charge is -2.35. The zero-order valence-electron chi connectivity index (χ0n) is 19.4. The first-order valence-corrected chi connectivity index (χ1v) is 11.7. The zero-order chi connectivity index (χ0) is 24.8. The highest BCUT2D eigenvalue weighted by atomic mass is 35.5. The number of aromatic nitrogens is 2. The van der Waals surface area contributed by atoms with E-state index < -0.39 is 28.3 Å². The molecule has 1 aromatic carbocycles. The smallest absolute Gasteiger partial charge is 0.322 e. The topological polar surface area (TPSA) is 90.7 Å². The lowest BCUT2D eigenvalue weighted by molar-refractivity contribution is -0.0390. The molecule has 2 aliphatic heterocycles. The maximum absolute atomic E-state index is 14.2. The first kappa shape index (κ1) is 24.4. The van der Waals surface area contributed by atoms with Crippen molar-refractivity contribution >= 4 is 29.2 Å².